The van der Waals surface area contributed by atoms with E-state index in [-0.39, 0.29) is 10.6 Å². The Bertz CT molecular complexity index is 754. The minimum absolute atomic E-state index is 0.145. The molecule has 0 radical (unpaired) electrons. The van der Waals surface area contributed by atoms with Crippen LogP contribution in [0, 0.1) is 10.1 Å². The Morgan fingerprint density at radius 1 is 1.04 bits per heavy atom. The van der Waals surface area contributed by atoms with Crippen molar-refractivity contribution >= 4 is 29.1 Å². The number of hydrogen-bond acceptors (Lipinski definition) is 4. The predicted octanol–water partition coefficient (Wildman–Crippen LogP) is 4.08. The van der Waals surface area contributed by atoms with Crippen LogP contribution in [0.5, 0.6) is 0 Å². The summed E-state index contributed by atoms with van der Waals surface area (Å²) in [4.78, 5) is 15.4. The van der Waals surface area contributed by atoms with E-state index in [2.05, 4.69) is 9.80 Å². The molecule has 0 amide bonds. The topological polar surface area (TPSA) is 49.6 Å². The molecule has 3 rings (SSSR count). The average molecular weight is 358 g/mol. The molecule has 0 N–H and O–H groups in total. The van der Waals surface area contributed by atoms with Gasteiger partial charge in [0.2, 0.25) is 0 Å². The van der Waals surface area contributed by atoms with Gasteiger partial charge in [-0.3, -0.25) is 15.0 Å². The Balaban J connectivity index is 1.53. The first kappa shape index (κ1) is 17.5. The molecule has 1 aliphatic heterocycles. The molecule has 6 heteroatoms. The molecule has 130 valence electrons. The summed E-state index contributed by atoms with van der Waals surface area (Å²) in [7, 11) is 0. The number of piperazine rings is 1. The molecule has 0 aliphatic carbocycles. The van der Waals surface area contributed by atoms with Gasteiger partial charge in [0.05, 0.1) is 10.5 Å². The molecular formula is C19H20ClN3O2. The summed E-state index contributed by atoms with van der Waals surface area (Å²) < 4.78 is 0. The number of halogens is 1. The van der Waals surface area contributed by atoms with E-state index in [0.29, 0.717) is 5.56 Å². The van der Waals surface area contributed by atoms with Crippen LogP contribution in [-0.4, -0.2) is 42.5 Å². The lowest BCUT2D eigenvalue weighted by atomic mass is 10.1. The monoisotopic (exact) mass is 357 g/mol. The van der Waals surface area contributed by atoms with E-state index in [1.807, 2.05) is 42.5 Å². The second-order valence-electron chi connectivity index (χ2n) is 5.98. The Kier molecular flexibility index (Phi) is 5.68. The number of nitro benzene ring substituents is 1. The van der Waals surface area contributed by atoms with E-state index in [1.165, 1.54) is 11.8 Å². The quantitative estimate of drug-likeness (QED) is 0.597. The van der Waals surface area contributed by atoms with E-state index in [0.717, 1.165) is 37.7 Å². The van der Waals surface area contributed by atoms with E-state index >= 15 is 0 Å². The largest absolute Gasteiger partial charge is 0.369 e. The molecule has 25 heavy (non-hydrogen) atoms. The van der Waals surface area contributed by atoms with Gasteiger partial charge in [-0.15, -0.1) is 0 Å². The zero-order chi connectivity index (χ0) is 17.6. The lowest BCUT2D eigenvalue weighted by Gasteiger charge is -2.35. The fourth-order valence-corrected chi connectivity index (χ4v) is 3.09. The molecule has 1 fully saturated rings. The maximum atomic E-state index is 11.0. The number of benzene rings is 2. The summed E-state index contributed by atoms with van der Waals surface area (Å²) in [6.07, 6.45) is 3.84. The van der Waals surface area contributed by atoms with Gasteiger partial charge in [0.1, 0.15) is 0 Å². The van der Waals surface area contributed by atoms with Gasteiger partial charge in [0.15, 0.2) is 0 Å². The summed E-state index contributed by atoms with van der Waals surface area (Å²) in [5.41, 5.74) is 1.98. The third kappa shape index (κ3) is 4.59. The molecule has 0 bridgehead atoms. The van der Waals surface area contributed by atoms with Crippen molar-refractivity contribution in [2.75, 3.05) is 37.6 Å². The van der Waals surface area contributed by atoms with Crippen LogP contribution in [0.15, 0.2) is 54.6 Å². The smallest absolute Gasteiger partial charge is 0.276 e. The molecule has 2 aromatic rings. The SMILES string of the molecule is O=[N+]([O-])c1ccccc1C=CCN1CCN(c2ccc(Cl)cc2)CC1. The lowest BCUT2D eigenvalue weighted by molar-refractivity contribution is -0.385. The number of anilines is 1. The van der Waals surface area contributed by atoms with Crippen molar-refractivity contribution in [3.63, 3.8) is 0 Å². The standard InChI is InChI=1S/C19H20ClN3O2/c20-17-7-9-18(10-8-17)22-14-12-21(13-15-22)11-3-5-16-4-1-2-6-19(16)23(24)25/h1-10H,11-15H2. The van der Waals surface area contributed by atoms with Gasteiger partial charge in [0.25, 0.3) is 5.69 Å². The van der Waals surface area contributed by atoms with Crippen molar-refractivity contribution in [3.05, 3.63) is 75.3 Å². The van der Waals surface area contributed by atoms with Crippen LogP contribution >= 0.6 is 11.6 Å². The fraction of sp³-hybridized carbons (Fsp3) is 0.263. The van der Waals surface area contributed by atoms with Crippen LogP contribution in [0.25, 0.3) is 6.08 Å². The van der Waals surface area contributed by atoms with Gasteiger partial charge in [-0.25, -0.2) is 0 Å². The Labute approximate surface area is 152 Å². The van der Waals surface area contributed by atoms with Gasteiger partial charge in [0, 0.05) is 49.5 Å². The molecular weight excluding hydrogens is 338 g/mol. The summed E-state index contributed by atoms with van der Waals surface area (Å²) in [6.45, 7) is 4.64. The highest BCUT2D eigenvalue weighted by molar-refractivity contribution is 6.30. The van der Waals surface area contributed by atoms with Crippen molar-refractivity contribution in [3.8, 4) is 0 Å². The van der Waals surface area contributed by atoms with E-state index in [9.17, 15) is 10.1 Å². The van der Waals surface area contributed by atoms with Gasteiger partial charge in [-0.1, -0.05) is 35.9 Å². The highest BCUT2D eigenvalue weighted by Crippen LogP contribution is 2.20. The van der Waals surface area contributed by atoms with Crippen LogP contribution in [0.4, 0.5) is 11.4 Å². The van der Waals surface area contributed by atoms with Crippen LogP contribution in [0.2, 0.25) is 5.02 Å². The highest BCUT2D eigenvalue weighted by Gasteiger charge is 2.16. The molecule has 1 heterocycles. The number of rotatable bonds is 5. The summed E-state index contributed by atoms with van der Waals surface area (Å²) in [6, 6.07) is 14.7. The first-order valence-electron chi connectivity index (χ1n) is 8.26. The van der Waals surface area contributed by atoms with E-state index in [1.54, 1.807) is 12.1 Å². The van der Waals surface area contributed by atoms with Crippen LogP contribution in [-0.2, 0) is 0 Å². The summed E-state index contributed by atoms with van der Waals surface area (Å²) in [5, 5.41) is 11.8. The van der Waals surface area contributed by atoms with Crippen molar-refractivity contribution in [1.82, 2.24) is 4.90 Å². The molecule has 2 aromatic carbocycles. The zero-order valence-corrected chi connectivity index (χ0v) is 14.6. The first-order chi connectivity index (χ1) is 12.1. The van der Waals surface area contributed by atoms with E-state index < -0.39 is 0 Å². The summed E-state index contributed by atoms with van der Waals surface area (Å²) in [5.74, 6) is 0. The van der Waals surface area contributed by atoms with Crippen LogP contribution in [0.3, 0.4) is 0 Å². The average Bonchev–Trinajstić information content (AvgIpc) is 2.63. The fourth-order valence-electron chi connectivity index (χ4n) is 2.96. The molecule has 1 aliphatic rings. The first-order valence-corrected chi connectivity index (χ1v) is 8.64. The van der Waals surface area contributed by atoms with Gasteiger partial charge < -0.3 is 4.90 Å². The molecule has 0 spiro atoms. The number of nitrogens with zero attached hydrogens (tertiary/aromatic N) is 3. The third-order valence-corrected chi connectivity index (χ3v) is 4.61. The minimum atomic E-state index is -0.343. The number of nitro groups is 1. The molecule has 0 unspecified atom stereocenters. The maximum absolute atomic E-state index is 11.0. The minimum Gasteiger partial charge on any atom is -0.369 e. The molecule has 1 saturated heterocycles. The normalized spacial score (nSPS) is 15.6. The number of para-hydroxylation sites is 1. The van der Waals surface area contributed by atoms with E-state index in [4.69, 9.17) is 11.6 Å². The second kappa shape index (κ2) is 8.14. The third-order valence-electron chi connectivity index (χ3n) is 4.36. The summed E-state index contributed by atoms with van der Waals surface area (Å²) >= 11 is 5.94. The Morgan fingerprint density at radius 3 is 2.40 bits per heavy atom. The van der Waals surface area contributed by atoms with Crippen LogP contribution in [0.1, 0.15) is 5.56 Å². The Hall–Kier alpha value is -2.37. The molecule has 0 saturated carbocycles. The van der Waals surface area contributed by atoms with Crippen molar-refractivity contribution in [2.45, 2.75) is 0 Å². The van der Waals surface area contributed by atoms with Gasteiger partial charge >= 0.3 is 0 Å². The van der Waals surface area contributed by atoms with Gasteiger partial charge in [-0.05, 0) is 30.3 Å². The lowest BCUT2D eigenvalue weighted by Crippen LogP contribution is -2.46. The number of hydrogen-bond donors (Lipinski definition) is 0. The zero-order valence-electron chi connectivity index (χ0n) is 13.8. The second-order valence-corrected chi connectivity index (χ2v) is 6.42. The molecule has 0 atom stereocenters. The predicted molar refractivity (Wildman–Crippen MR) is 102 cm³/mol. The highest BCUT2D eigenvalue weighted by atomic mass is 35.5. The van der Waals surface area contributed by atoms with Gasteiger partial charge in [-0.2, -0.15) is 0 Å². The maximum Gasteiger partial charge on any atom is 0.276 e. The Morgan fingerprint density at radius 2 is 1.72 bits per heavy atom. The molecule has 0 aromatic heterocycles. The van der Waals surface area contributed by atoms with Crippen molar-refractivity contribution in [2.24, 2.45) is 0 Å². The van der Waals surface area contributed by atoms with Crippen molar-refractivity contribution < 1.29 is 4.92 Å². The van der Waals surface area contributed by atoms with Crippen molar-refractivity contribution in [1.29, 1.82) is 0 Å². The molecule has 5 nitrogen and oxygen atoms in total. The van der Waals surface area contributed by atoms with Crippen LogP contribution < -0.4 is 4.90 Å².